The summed E-state index contributed by atoms with van der Waals surface area (Å²) in [4.78, 5) is 12.7. The minimum absolute atomic E-state index is 0.226. The van der Waals surface area contributed by atoms with E-state index in [1.54, 1.807) is 7.11 Å². The van der Waals surface area contributed by atoms with Crippen molar-refractivity contribution in [1.29, 1.82) is 0 Å². The van der Waals surface area contributed by atoms with Crippen LogP contribution in [0.3, 0.4) is 0 Å². The summed E-state index contributed by atoms with van der Waals surface area (Å²) in [6.45, 7) is 5.89. The van der Waals surface area contributed by atoms with Gasteiger partial charge >= 0.3 is 0 Å². The highest BCUT2D eigenvalue weighted by Gasteiger charge is 2.27. The lowest BCUT2D eigenvalue weighted by atomic mass is 9.78. The maximum Gasteiger partial charge on any atom is 0.287 e. The maximum absolute atomic E-state index is 12.7. The zero-order valence-electron chi connectivity index (χ0n) is 18.6. The Balaban J connectivity index is 1.52. The van der Waals surface area contributed by atoms with Crippen LogP contribution in [0.25, 0.3) is 11.0 Å². The third-order valence-corrected chi connectivity index (χ3v) is 6.74. The van der Waals surface area contributed by atoms with Crippen LogP contribution in [0.4, 0.5) is 0 Å². The standard InChI is InChI=1S/C26H32N2O3/c1-17-8-7-11-22(18(17)2)27-16-20-12-13-23(30-3)25-21(20)14-24(31-25)26(29)28-15-19-9-5-4-6-10-19/h4-6,9-10,12-14,17-18,22,27H,7-8,11,15-16H2,1-3H3,(H,28,29). The molecular weight excluding hydrogens is 388 g/mol. The number of ether oxygens (including phenoxy) is 1. The Hall–Kier alpha value is -2.79. The van der Waals surface area contributed by atoms with Crippen LogP contribution in [0, 0.1) is 11.8 Å². The van der Waals surface area contributed by atoms with Crippen LogP contribution < -0.4 is 15.4 Å². The number of methoxy groups -OCH3 is 1. The van der Waals surface area contributed by atoms with Crippen LogP contribution in [-0.2, 0) is 13.1 Å². The fourth-order valence-corrected chi connectivity index (χ4v) is 4.56. The lowest BCUT2D eigenvalue weighted by Crippen LogP contribution is -2.40. The second kappa shape index (κ2) is 9.56. The number of fused-ring (bicyclic) bond motifs is 1. The van der Waals surface area contributed by atoms with E-state index in [1.807, 2.05) is 42.5 Å². The van der Waals surface area contributed by atoms with E-state index in [1.165, 1.54) is 19.3 Å². The zero-order chi connectivity index (χ0) is 21.8. The Kier molecular flexibility index (Phi) is 6.62. The van der Waals surface area contributed by atoms with E-state index in [4.69, 9.17) is 9.15 Å². The van der Waals surface area contributed by atoms with Gasteiger partial charge in [0.2, 0.25) is 0 Å². The van der Waals surface area contributed by atoms with Gasteiger partial charge in [0.05, 0.1) is 7.11 Å². The van der Waals surface area contributed by atoms with Gasteiger partial charge in [0.25, 0.3) is 5.91 Å². The van der Waals surface area contributed by atoms with E-state index < -0.39 is 0 Å². The van der Waals surface area contributed by atoms with Crippen molar-refractivity contribution in [3.05, 3.63) is 65.4 Å². The number of furan rings is 1. The number of hydrogen-bond acceptors (Lipinski definition) is 4. The summed E-state index contributed by atoms with van der Waals surface area (Å²) in [5.41, 5.74) is 2.79. The smallest absolute Gasteiger partial charge is 0.287 e. The van der Waals surface area contributed by atoms with Crippen molar-refractivity contribution in [1.82, 2.24) is 10.6 Å². The quantitative estimate of drug-likeness (QED) is 0.545. The molecule has 0 radical (unpaired) electrons. The molecule has 0 saturated heterocycles. The number of carbonyl (C=O) groups is 1. The van der Waals surface area contributed by atoms with E-state index in [0.717, 1.165) is 29.0 Å². The number of carbonyl (C=O) groups excluding carboxylic acids is 1. The highest BCUT2D eigenvalue weighted by molar-refractivity contribution is 5.98. The average molecular weight is 421 g/mol. The number of hydrogen-bond donors (Lipinski definition) is 2. The molecule has 2 N–H and O–H groups in total. The van der Waals surface area contributed by atoms with Crippen molar-refractivity contribution in [3.63, 3.8) is 0 Å². The molecule has 1 saturated carbocycles. The van der Waals surface area contributed by atoms with Crippen molar-refractivity contribution >= 4 is 16.9 Å². The molecule has 0 spiro atoms. The number of nitrogens with one attached hydrogen (secondary N) is 2. The molecule has 5 heteroatoms. The van der Waals surface area contributed by atoms with Crippen LogP contribution in [0.1, 0.15) is 54.8 Å². The molecule has 3 unspecified atom stereocenters. The van der Waals surface area contributed by atoms with Crippen molar-refractivity contribution in [2.45, 2.75) is 52.2 Å². The van der Waals surface area contributed by atoms with Gasteiger partial charge in [0.1, 0.15) is 0 Å². The number of benzene rings is 2. The lowest BCUT2D eigenvalue weighted by molar-refractivity contribution is 0.0925. The van der Waals surface area contributed by atoms with Gasteiger partial charge in [-0.1, -0.05) is 63.1 Å². The Morgan fingerprint density at radius 2 is 1.90 bits per heavy atom. The van der Waals surface area contributed by atoms with Crippen LogP contribution in [0.2, 0.25) is 0 Å². The van der Waals surface area contributed by atoms with Gasteiger partial charge < -0.3 is 19.8 Å². The predicted octanol–water partition coefficient (Wildman–Crippen LogP) is 5.29. The molecule has 0 bridgehead atoms. The molecule has 1 heterocycles. The summed E-state index contributed by atoms with van der Waals surface area (Å²) in [5.74, 6) is 2.12. The molecule has 1 aromatic heterocycles. The van der Waals surface area contributed by atoms with Gasteiger partial charge in [-0.25, -0.2) is 0 Å². The van der Waals surface area contributed by atoms with Crippen LogP contribution in [0.15, 0.2) is 52.9 Å². The molecule has 4 rings (SSSR count). The fraction of sp³-hybridized carbons (Fsp3) is 0.423. The third-order valence-electron chi connectivity index (χ3n) is 6.74. The van der Waals surface area contributed by atoms with Crippen LogP contribution in [-0.4, -0.2) is 19.1 Å². The maximum atomic E-state index is 12.7. The van der Waals surface area contributed by atoms with Gasteiger partial charge in [0.15, 0.2) is 17.1 Å². The molecular formula is C26H32N2O3. The summed E-state index contributed by atoms with van der Waals surface area (Å²) < 4.78 is 11.4. The van der Waals surface area contributed by atoms with E-state index in [0.29, 0.717) is 35.6 Å². The molecule has 1 aliphatic rings. The van der Waals surface area contributed by atoms with E-state index in [9.17, 15) is 4.79 Å². The van der Waals surface area contributed by atoms with Gasteiger partial charge in [-0.15, -0.1) is 0 Å². The Bertz CT molecular complexity index is 1030. The van der Waals surface area contributed by atoms with E-state index in [-0.39, 0.29) is 5.91 Å². The monoisotopic (exact) mass is 420 g/mol. The van der Waals surface area contributed by atoms with Gasteiger partial charge in [-0.3, -0.25) is 4.79 Å². The molecule has 5 nitrogen and oxygen atoms in total. The average Bonchev–Trinajstić information content (AvgIpc) is 3.25. The van der Waals surface area contributed by atoms with Crippen molar-refractivity contribution in [3.8, 4) is 5.75 Å². The third kappa shape index (κ3) is 4.77. The molecule has 31 heavy (non-hydrogen) atoms. The highest BCUT2D eigenvalue weighted by Crippen LogP contribution is 2.33. The second-order valence-electron chi connectivity index (χ2n) is 8.70. The van der Waals surface area contributed by atoms with Gasteiger partial charge in [-0.05, 0) is 41.5 Å². The van der Waals surface area contributed by atoms with Crippen LogP contribution >= 0.6 is 0 Å². The summed E-state index contributed by atoms with van der Waals surface area (Å²) in [5, 5.41) is 7.61. The minimum atomic E-state index is -0.226. The lowest BCUT2D eigenvalue weighted by Gasteiger charge is -2.34. The normalized spacial score (nSPS) is 21.2. The topological polar surface area (TPSA) is 63.5 Å². The molecule has 1 amide bonds. The molecule has 3 atom stereocenters. The summed E-state index contributed by atoms with van der Waals surface area (Å²) in [7, 11) is 1.62. The molecule has 0 aliphatic heterocycles. The first-order chi connectivity index (χ1) is 15.1. The van der Waals surface area contributed by atoms with E-state index in [2.05, 4.69) is 30.5 Å². The minimum Gasteiger partial charge on any atom is -0.493 e. The molecule has 1 aliphatic carbocycles. The molecule has 2 aromatic carbocycles. The molecule has 3 aromatic rings. The van der Waals surface area contributed by atoms with Crippen molar-refractivity contribution < 1.29 is 13.9 Å². The first-order valence-corrected chi connectivity index (χ1v) is 11.2. The van der Waals surface area contributed by atoms with Crippen LogP contribution in [0.5, 0.6) is 5.75 Å². The highest BCUT2D eigenvalue weighted by atomic mass is 16.5. The Morgan fingerprint density at radius 3 is 2.68 bits per heavy atom. The number of amides is 1. The number of rotatable bonds is 7. The summed E-state index contributed by atoms with van der Waals surface area (Å²) >= 11 is 0. The summed E-state index contributed by atoms with van der Waals surface area (Å²) in [6, 6.07) is 16.2. The predicted molar refractivity (Wildman–Crippen MR) is 123 cm³/mol. The van der Waals surface area contributed by atoms with Gasteiger partial charge in [0, 0.05) is 24.5 Å². The Labute approximate surface area is 184 Å². The molecule has 1 fully saturated rings. The van der Waals surface area contributed by atoms with Crippen molar-refractivity contribution in [2.75, 3.05) is 7.11 Å². The first-order valence-electron chi connectivity index (χ1n) is 11.2. The second-order valence-corrected chi connectivity index (χ2v) is 8.70. The summed E-state index contributed by atoms with van der Waals surface area (Å²) in [6.07, 6.45) is 3.80. The SMILES string of the molecule is COc1ccc(CNC2CCCC(C)C2C)c2cc(C(=O)NCc3ccccc3)oc12. The zero-order valence-corrected chi connectivity index (χ0v) is 18.6. The van der Waals surface area contributed by atoms with Gasteiger partial charge in [-0.2, -0.15) is 0 Å². The van der Waals surface area contributed by atoms with Crippen molar-refractivity contribution in [2.24, 2.45) is 11.8 Å². The fourth-order valence-electron chi connectivity index (χ4n) is 4.56. The Morgan fingerprint density at radius 1 is 1.10 bits per heavy atom. The largest absolute Gasteiger partial charge is 0.493 e. The molecule has 164 valence electrons. The van der Waals surface area contributed by atoms with E-state index >= 15 is 0 Å². The first kappa shape index (κ1) is 21.4.